The van der Waals surface area contributed by atoms with Crippen molar-refractivity contribution in [2.45, 2.75) is 180 Å². The average molecular weight is 796 g/mol. The minimum atomic E-state index is -4.63. The van der Waals surface area contributed by atoms with Gasteiger partial charge in [-0.25, -0.2) is 0 Å². The Morgan fingerprint density at radius 1 is 0.582 bits per heavy atom. The predicted octanol–water partition coefficient (Wildman–Crippen LogP) is 11.7. The van der Waals surface area contributed by atoms with Gasteiger partial charge in [0.25, 0.3) is 7.82 Å². The third-order valence-electron chi connectivity index (χ3n) is 9.11. The minimum absolute atomic E-state index is 0.0378. The zero-order valence-electron chi connectivity index (χ0n) is 35.9. The summed E-state index contributed by atoms with van der Waals surface area (Å²) in [6.07, 6.45) is 42.8. The van der Waals surface area contributed by atoms with Crippen LogP contribution in [0.3, 0.4) is 0 Å². The Hall–Kier alpha value is -2.03. The van der Waals surface area contributed by atoms with Crippen molar-refractivity contribution in [1.29, 1.82) is 0 Å². The summed E-state index contributed by atoms with van der Waals surface area (Å²) in [6.45, 7) is 4.07. The van der Waals surface area contributed by atoms with Crippen LogP contribution in [0.4, 0.5) is 0 Å². The molecule has 10 heteroatoms. The van der Waals surface area contributed by atoms with Crippen molar-refractivity contribution in [1.82, 2.24) is 0 Å². The van der Waals surface area contributed by atoms with Crippen LogP contribution in [0, 0.1) is 0 Å². The lowest BCUT2D eigenvalue weighted by molar-refractivity contribution is -0.870. The van der Waals surface area contributed by atoms with Gasteiger partial charge in [0.15, 0.2) is 6.10 Å². The van der Waals surface area contributed by atoms with Gasteiger partial charge >= 0.3 is 11.9 Å². The topological polar surface area (TPSA) is 111 Å². The van der Waals surface area contributed by atoms with E-state index in [1.165, 1.54) is 77.0 Å². The maximum absolute atomic E-state index is 12.7. The number of esters is 2. The first-order chi connectivity index (χ1) is 26.5. The molecule has 0 saturated heterocycles. The van der Waals surface area contributed by atoms with E-state index in [1.54, 1.807) is 0 Å². The van der Waals surface area contributed by atoms with Crippen molar-refractivity contribution >= 4 is 19.8 Å². The first kappa shape index (κ1) is 53.0. The molecule has 320 valence electrons. The predicted molar refractivity (Wildman–Crippen MR) is 227 cm³/mol. The molecule has 2 atom stereocenters. The van der Waals surface area contributed by atoms with Crippen LogP contribution >= 0.6 is 7.82 Å². The molecule has 0 aliphatic rings. The highest BCUT2D eigenvalue weighted by atomic mass is 31.2. The molecule has 9 nitrogen and oxygen atoms in total. The molecule has 0 radical (unpaired) electrons. The Morgan fingerprint density at radius 3 is 1.55 bits per heavy atom. The Bertz CT molecular complexity index is 1080. The fraction of sp³-hybridized carbons (Fsp3) is 0.778. The van der Waals surface area contributed by atoms with E-state index in [0.29, 0.717) is 23.9 Å². The highest BCUT2D eigenvalue weighted by molar-refractivity contribution is 7.45. The van der Waals surface area contributed by atoms with Crippen molar-refractivity contribution in [2.24, 2.45) is 0 Å². The van der Waals surface area contributed by atoms with Crippen molar-refractivity contribution in [2.75, 3.05) is 47.5 Å². The molecule has 0 aliphatic carbocycles. The van der Waals surface area contributed by atoms with Crippen LogP contribution < -0.4 is 4.89 Å². The van der Waals surface area contributed by atoms with E-state index in [2.05, 4.69) is 62.5 Å². The van der Waals surface area contributed by atoms with E-state index in [4.69, 9.17) is 18.5 Å². The summed E-state index contributed by atoms with van der Waals surface area (Å²) in [5.74, 6) is -0.881. The van der Waals surface area contributed by atoms with Crippen molar-refractivity contribution in [3.8, 4) is 0 Å². The monoisotopic (exact) mass is 796 g/mol. The standard InChI is InChI=1S/C45H82NO8P/c1-6-8-10-12-14-16-18-20-22-24-26-28-30-32-34-36-38-45(48)54-43(42-53-55(49,50)52-40-39-46(3,4)5)41-51-44(47)37-35-33-31-29-27-25-23-21-19-17-15-13-11-9-7-2/h9,11,15,17,21,23,27,29,43H,6-8,10,12-14,16,18-20,22,24-26,28,30-42H2,1-5H3/b11-9+,17-15+,23-21+,29-27+/t43-/m1/s1. The third-order valence-corrected chi connectivity index (χ3v) is 10.1. The van der Waals surface area contributed by atoms with Gasteiger partial charge < -0.3 is 27.9 Å². The lowest BCUT2D eigenvalue weighted by atomic mass is 10.0. The van der Waals surface area contributed by atoms with Gasteiger partial charge in [-0.1, -0.05) is 159 Å². The Morgan fingerprint density at radius 2 is 1.04 bits per heavy atom. The molecule has 0 rings (SSSR count). The maximum atomic E-state index is 12.7. The number of rotatable bonds is 39. The van der Waals surface area contributed by atoms with Crippen LogP contribution in [-0.4, -0.2) is 70.0 Å². The molecule has 0 fully saturated rings. The molecule has 1 unspecified atom stereocenters. The van der Waals surface area contributed by atoms with Crippen molar-refractivity contribution < 1.29 is 42.1 Å². The van der Waals surface area contributed by atoms with Crippen LogP contribution in [0.1, 0.15) is 174 Å². The van der Waals surface area contributed by atoms with Gasteiger partial charge in [-0.2, -0.15) is 0 Å². The molecule has 0 bridgehead atoms. The van der Waals surface area contributed by atoms with Gasteiger partial charge in [0, 0.05) is 12.8 Å². The second-order valence-corrected chi connectivity index (χ2v) is 17.1. The summed E-state index contributed by atoms with van der Waals surface area (Å²) in [5, 5.41) is 0. The fourth-order valence-electron chi connectivity index (χ4n) is 5.70. The number of quaternary nitrogens is 1. The molecule has 0 aromatic rings. The van der Waals surface area contributed by atoms with E-state index in [-0.39, 0.29) is 26.1 Å². The molecule has 0 N–H and O–H groups in total. The van der Waals surface area contributed by atoms with Gasteiger partial charge in [0.2, 0.25) is 0 Å². The summed E-state index contributed by atoms with van der Waals surface area (Å²) < 4.78 is 33.8. The van der Waals surface area contributed by atoms with Crippen LogP contribution in [0.25, 0.3) is 0 Å². The second-order valence-electron chi connectivity index (χ2n) is 15.7. The van der Waals surface area contributed by atoms with Gasteiger partial charge in [0.1, 0.15) is 19.8 Å². The van der Waals surface area contributed by atoms with Gasteiger partial charge in [-0.15, -0.1) is 0 Å². The Balaban J connectivity index is 4.42. The van der Waals surface area contributed by atoms with Crippen LogP contribution in [0.15, 0.2) is 48.6 Å². The highest BCUT2D eigenvalue weighted by Crippen LogP contribution is 2.38. The number of phosphoric acid groups is 1. The minimum Gasteiger partial charge on any atom is -0.756 e. The molecular formula is C45H82NO8P. The number of nitrogens with zero attached hydrogens (tertiary/aromatic N) is 1. The summed E-state index contributed by atoms with van der Waals surface area (Å²) in [7, 11) is 1.14. The molecule has 0 amide bonds. The summed E-state index contributed by atoms with van der Waals surface area (Å²) >= 11 is 0. The molecule has 0 spiro atoms. The van der Waals surface area contributed by atoms with Gasteiger partial charge in [0.05, 0.1) is 27.7 Å². The second kappa shape index (κ2) is 37.5. The number of hydrogen-bond donors (Lipinski definition) is 0. The number of likely N-dealkylation sites (N-methyl/N-ethyl adjacent to an activating group) is 1. The van der Waals surface area contributed by atoms with E-state index < -0.39 is 32.5 Å². The van der Waals surface area contributed by atoms with Crippen molar-refractivity contribution in [3.05, 3.63) is 48.6 Å². The normalized spacial score (nSPS) is 14.1. The molecule has 0 saturated carbocycles. The lowest BCUT2D eigenvalue weighted by Crippen LogP contribution is -2.37. The number of ether oxygens (including phenoxy) is 2. The van der Waals surface area contributed by atoms with Gasteiger partial charge in [-0.05, 0) is 51.4 Å². The summed E-state index contributed by atoms with van der Waals surface area (Å²) in [6, 6.07) is 0. The SMILES string of the molecule is CC/C=C/C/C=C/C/C=C/C/C=C/CCCCC(=O)OC[C@H](COP(=O)([O-])OCC[N+](C)(C)C)OC(=O)CCCCCCCCCCCCCCCCCC. The van der Waals surface area contributed by atoms with Crippen LogP contribution in [0.5, 0.6) is 0 Å². The summed E-state index contributed by atoms with van der Waals surface area (Å²) in [4.78, 5) is 37.5. The summed E-state index contributed by atoms with van der Waals surface area (Å²) in [5.41, 5.74) is 0. The number of phosphoric ester groups is 1. The zero-order valence-corrected chi connectivity index (χ0v) is 36.8. The van der Waals surface area contributed by atoms with E-state index in [9.17, 15) is 19.0 Å². The Labute approximate surface area is 337 Å². The lowest BCUT2D eigenvalue weighted by Gasteiger charge is -2.28. The highest BCUT2D eigenvalue weighted by Gasteiger charge is 2.21. The van der Waals surface area contributed by atoms with Crippen LogP contribution in [-0.2, 0) is 32.7 Å². The quantitative estimate of drug-likeness (QED) is 0.0199. The van der Waals surface area contributed by atoms with Crippen LogP contribution in [0.2, 0.25) is 0 Å². The molecular weight excluding hydrogens is 713 g/mol. The van der Waals surface area contributed by atoms with Crippen molar-refractivity contribution in [3.63, 3.8) is 0 Å². The third kappa shape index (κ3) is 41.4. The largest absolute Gasteiger partial charge is 0.756 e. The number of carbonyl (C=O) groups excluding carboxylic acids is 2. The van der Waals surface area contributed by atoms with E-state index in [0.717, 1.165) is 57.8 Å². The smallest absolute Gasteiger partial charge is 0.306 e. The maximum Gasteiger partial charge on any atom is 0.306 e. The zero-order chi connectivity index (χ0) is 40.7. The fourth-order valence-corrected chi connectivity index (χ4v) is 6.43. The average Bonchev–Trinajstić information content (AvgIpc) is 3.13. The number of allylic oxidation sites excluding steroid dienone is 8. The number of carbonyl (C=O) groups is 2. The molecule has 0 aromatic heterocycles. The Kier molecular flexibility index (Phi) is 36.2. The first-order valence-electron chi connectivity index (χ1n) is 21.8. The van der Waals surface area contributed by atoms with Gasteiger partial charge in [-0.3, -0.25) is 14.2 Å². The van der Waals surface area contributed by atoms with E-state index >= 15 is 0 Å². The van der Waals surface area contributed by atoms with E-state index in [1.807, 2.05) is 21.1 Å². The molecule has 0 aliphatic heterocycles. The molecule has 55 heavy (non-hydrogen) atoms. The molecule has 0 heterocycles. The molecule has 0 aromatic carbocycles. The first-order valence-corrected chi connectivity index (χ1v) is 23.3. The number of unbranched alkanes of at least 4 members (excludes halogenated alkanes) is 17. The number of hydrogen-bond acceptors (Lipinski definition) is 8.